The predicted molar refractivity (Wildman–Crippen MR) is 119 cm³/mol. The molecular formula is C24H24FN3O6. The lowest BCUT2D eigenvalue weighted by atomic mass is 10.0. The number of fused-ring (bicyclic) bond motifs is 1. The maximum Gasteiger partial charge on any atom is 0.251 e. The second kappa shape index (κ2) is 9.82. The Hall–Kier alpha value is -4.08. The summed E-state index contributed by atoms with van der Waals surface area (Å²) in [7, 11) is 4.38. The molecule has 178 valence electrons. The van der Waals surface area contributed by atoms with Crippen molar-refractivity contribution in [2.45, 2.75) is 13.0 Å². The van der Waals surface area contributed by atoms with Crippen LogP contribution in [-0.4, -0.2) is 56.3 Å². The summed E-state index contributed by atoms with van der Waals surface area (Å²) in [6, 6.07) is 8.92. The highest BCUT2D eigenvalue weighted by molar-refractivity contribution is 5.97. The number of aromatic nitrogens is 1. The molecule has 0 bridgehead atoms. The number of amides is 2. The van der Waals surface area contributed by atoms with E-state index >= 15 is 0 Å². The second-order valence-electron chi connectivity index (χ2n) is 7.61. The summed E-state index contributed by atoms with van der Waals surface area (Å²) in [6.45, 7) is 0.535. The van der Waals surface area contributed by atoms with Gasteiger partial charge in [0.2, 0.25) is 11.7 Å². The highest BCUT2D eigenvalue weighted by atomic mass is 19.1. The molecule has 34 heavy (non-hydrogen) atoms. The molecule has 0 atom stereocenters. The Morgan fingerprint density at radius 2 is 1.76 bits per heavy atom. The number of hydrogen-bond acceptors (Lipinski definition) is 7. The molecule has 0 fully saturated rings. The largest absolute Gasteiger partial charge is 0.493 e. The van der Waals surface area contributed by atoms with Crippen molar-refractivity contribution >= 4 is 11.8 Å². The number of nitrogens with one attached hydrogen (secondary N) is 1. The van der Waals surface area contributed by atoms with E-state index in [9.17, 15) is 14.0 Å². The average molecular weight is 469 g/mol. The molecule has 9 nitrogen and oxygen atoms in total. The molecule has 1 aromatic heterocycles. The van der Waals surface area contributed by atoms with Crippen molar-refractivity contribution in [3.8, 4) is 28.6 Å². The Bertz CT molecular complexity index is 1180. The molecular weight excluding hydrogens is 445 g/mol. The van der Waals surface area contributed by atoms with Crippen LogP contribution in [0.3, 0.4) is 0 Å². The molecule has 1 aliphatic rings. The third-order valence-electron chi connectivity index (χ3n) is 5.62. The first kappa shape index (κ1) is 23.1. The quantitative estimate of drug-likeness (QED) is 0.568. The number of halogens is 1. The van der Waals surface area contributed by atoms with Crippen molar-refractivity contribution in [2.24, 2.45) is 0 Å². The number of carbonyl (C=O) groups excluding carboxylic acids is 2. The number of nitrogens with zero attached hydrogens (tertiary/aromatic N) is 2. The van der Waals surface area contributed by atoms with Crippen molar-refractivity contribution in [1.82, 2.24) is 15.4 Å². The van der Waals surface area contributed by atoms with Crippen LogP contribution in [0.5, 0.6) is 17.2 Å². The van der Waals surface area contributed by atoms with Crippen LogP contribution in [0.1, 0.15) is 21.6 Å². The smallest absolute Gasteiger partial charge is 0.251 e. The lowest BCUT2D eigenvalue weighted by Crippen LogP contribution is -2.42. The van der Waals surface area contributed by atoms with Crippen LogP contribution in [0.2, 0.25) is 0 Å². The van der Waals surface area contributed by atoms with Crippen LogP contribution in [0.4, 0.5) is 4.39 Å². The van der Waals surface area contributed by atoms with Crippen LogP contribution >= 0.6 is 0 Å². The zero-order chi connectivity index (χ0) is 24.2. The van der Waals surface area contributed by atoms with E-state index in [0.717, 1.165) is 11.3 Å². The summed E-state index contributed by atoms with van der Waals surface area (Å²) < 4.78 is 34.6. The van der Waals surface area contributed by atoms with E-state index in [4.69, 9.17) is 18.7 Å². The number of rotatable bonds is 7. The van der Waals surface area contributed by atoms with Gasteiger partial charge in [-0.15, -0.1) is 0 Å². The van der Waals surface area contributed by atoms with Gasteiger partial charge in [-0.2, -0.15) is 0 Å². The fourth-order valence-corrected chi connectivity index (χ4v) is 3.84. The Balaban J connectivity index is 1.44. The zero-order valence-corrected chi connectivity index (χ0v) is 19.0. The van der Waals surface area contributed by atoms with Gasteiger partial charge in [0.05, 0.1) is 40.1 Å². The third kappa shape index (κ3) is 4.52. The molecule has 0 saturated carbocycles. The van der Waals surface area contributed by atoms with E-state index in [1.807, 2.05) is 0 Å². The molecule has 3 aromatic rings. The molecule has 2 heterocycles. The highest BCUT2D eigenvalue weighted by Crippen LogP contribution is 2.38. The van der Waals surface area contributed by atoms with Gasteiger partial charge in [-0.25, -0.2) is 4.39 Å². The van der Waals surface area contributed by atoms with E-state index in [0.29, 0.717) is 41.5 Å². The SMILES string of the molecule is COc1cc(C(=O)NCC(=O)N2CCc3noc(-c4ccc(F)cc4)c3C2)cc(OC)c1OC. The minimum absolute atomic E-state index is 0.192. The maximum absolute atomic E-state index is 13.3. The lowest BCUT2D eigenvalue weighted by Gasteiger charge is -2.26. The van der Waals surface area contributed by atoms with Gasteiger partial charge in [0.15, 0.2) is 17.3 Å². The first-order chi connectivity index (χ1) is 16.4. The molecule has 0 spiro atoms. The van der Waals surface area contributed by atoms with E-state index < -0.39 is 5.91 Å². The van der Waals surface area contributed by atoms with Crippen molar-refractivity contribution in [2.75, 3.05) is 34.4 Å². The summed E-state index contributed by atoms with van der Waals surface area (Å²) in [5, 5.41) is 6.74. The summed E-state index contributed by atoms with van der Waals surface area (Å²) in [6.07, 6.45) is 0.520. The summed E-state index contributed by atoms with van der Waals surface area (Å²) >= 11 is 0. The van der Waals surface area contributed by atoms with Crippen molar-refractivity contribution in [3.63, 3.8) is 0 Å². The molecule has 2 aromatic carbocycles. The highest BCUT2D eigenvalue weighted by Gasteiger charge is 2.28. The van der Waals surface area contributed by atoms with Gasteiger partial charge in [0.25, 0.3) is 5.91 Å². The van der Waals surface area contributed by atoms with Crippen molar-refractivity contribution < 1.29 is 32.7 Å². The Morgan fingerprint density at radius 1 is 1.09 bits per heavy atom. The van der Waals surface area contributed by atoms with Gasteiger partial charge in [-0.1, -0.05) is 5.16 Å². The molecule has 4 rings (SSSR count). The molecule has 0 aliphatic carbocycles. The van der Waals surface area contributed by atoms with Crippen LogP contribution in [0.15, 0.2) is 40.9 Å². The van der Waals surface area contributed by atoms with Crippen LogP contribution < -0.4 is 19.5 Å². The van der Waals surface area contributed by atoms with Crippen LogP contribution in [0.25, 0.3) is 11.3 Å². The van der Waals surface area contributed by atoms with Gasteiger partial charge in [-0.05, 0) is 36.4 Å². The van der Waals surface area contributed by atoms with Gasteiger partial charge in [0, 0.05) is 29.7 Å². The molecule has 0 saturated heterocycles. The minimum atomic E-state index is -0.456. The number of carbonyl (C=O) groups is 2. The van der Waals surface area contributed by atoms with Crippen molar-refractivity contribution in [3.05, 3.63) is 59.0 Å². The molecule has 10 heteroatoms. The number of ether oxygens (including phenoxy) is 3. The molecule has 1 N–H and O–H groups in total. The summed E-state index contributed by atoms with van der Waals surface area (Å²) in [4.78, 5) is 27.2. The van der Waals surface area contributed by atoms with Gasteiger partial charge < -0.3 is 29.0 Å². The topological polar surface area (TPSA) is 103 Å². The maximum atomic E-state index is 13.3. The molecule has 1 aliphatic heterocycles. The second-order valence-corrected chi connectivity index (χ2v) is 7.61. The third-order valence-corrected chi connectivity index (χ3v) is 5.62. The monoisotopic (exact) mass is 469 g/mol. The van der Waals surface area contributed by atoms with Gasteiger partial charge in [-0.3, -0.25) is 9.59 Å². The van der Waals surface area contributed by atoms with E-state index in [1.54, 1.807) is 17.0 Å². The van der Waals surface area contributed by atoms with Gasteiger partial charge >= 0.3 is 0 Å². The Morgan fingerprint density at radius 3 is 2.38 bits per heavy atom. The molecule has 2 amide bonds. The molecule has 0 unspecified atom stereocenters. The lowest BCUT2D eigenvalue weighted by molar-refractivity contribution is -0.131. The normalized spacial score (nSPS) is 12.6. The number of methoxy groups -OCH3 is 3. The molecule has 0 radical (unpaired) electrons. The number of benzene rings is 2. The van der Waals surface area contributed by atoms with Crippen LogP contribution in [-0.2, 0) is 17.8 Å². The Labute approximate surface area is 195 Å². The first-order valence-corrected chi connectivity index (χ1v) is 10.5. The first-order valence-electron chi connectivity index (χ1n) is 10.5. The van der Waals surface area contributed by atoms with Gasteiger partial charge in [0.1, 0.15) is 5.82 Å². The average Bonchev–Trinajstić information content (AvgIpc) is 3.29. The minimum Gasteiger partial charge on any atom is -0.493 e. The summed E-state index contributed by atoms with van der Waals surface area (Å²) in [5.74, 6) is 0.489. The van der Waals surface area contributed by atoms with E-state index in [2.05, 4.69) is 10.5 Å². The zero-order valence-electron chi connectivity index (χ0n) is 19.0. The number of hydrogen-bond donors (Lipinski definition) is 1. The summed E-state index contributed by atoms with van der Waals surface area (Å²) in [5.41, 5.74) is 2.49. The predicted octanol–water partition coefficient (Wildman–Crippen LogP) is 2.82. The standard InChI is InChI=1S/C24H24FN3O6/c1-31-19-10-15(11-20(32-2)23(19)33-3)24(30)26-12-21(29)28-9-8-18-17(13-28)22(34-27-18)14-4-6-16(25)7-5-14/h4-7,10-11H,8-9,12-13H2,1-3H3,(H,26,30). The fourth-order valence-electron chi connectivity index (χ4n) is 3.84. The van der Waals surface area contributed by atoms with E-state index in [-0.39, 0.29) is 30.4 Å². The van der Waals surface area contributed by atoms with E-state index in [1.165, 1.54) is 45.6 Å². The van der Waals surface area contributed by atoms with Crippen LogP contribution in [0, 0.1) is 5.82 Å². The van der Waals surface area contributed by atoms with Crippen molar-refractivity contribution in [1.29, 1.82) is 0 Å². The Kier molecular flexibility index (Phi) is 6.67. The fraction of sp³-hybridized carbons (Fsp3) is 0.292.